The number of carbonyl (C=O) groups is 2. The van der Waals surface area contributed by atoms with Gasteiger partial charge in [-0.05, 0) is 32.9 Å². The van der Waals surface area contributed by atoms with Gasteiger partial charge in [0.1, 0.15) is 6.04 Å². The topological polar surface area (TPSA) is 84.2 Å². The summed E-state index contributed by atoms with van der Waals surface area (Å²) in [6.07, 6.45) is 0.113. The molecule has 2 aromatic rings. The van der Waals surface area contributed by atoms with Crippen LogP contribution in [0.25, 0.3) is 5.69 Å². The maximum Gasteiger partial charge on any atom is 0.325 e. The van der Waals surface area contributed by atoms with Crippen molar-refractivity contribution < 1.29 is 14.7 Å². The summed E-state index contributed by atoms with van der Waals surface area (Å²) >= 11 is 0. The van der Waals surface area contributed by atoms with Crippen molar-refractivity contribution in [1.29, 1.82) is 0 Å². The number of rotatable bonds is 5. The number of carbonyl (C=O) groups excluding carboxylic acids is 1. The molecule has 0 aliphatic rings. The monoisotopic (exact) mass is 301 g/mol. The maximum absolute atomic E-state index is 12.0. The molecule has 0 aliphatic carbocycles. The van der Waals surface area contributed by atoms with E-state index in [-0.39, 0.29) is 12.3 Å². The predicted octanol–water partition coefficient (Wildman–Crippen LogP) is 1.62. The largest absolute Gasteiger partial charge is 0.480 e. The van der Waals surface area contributed by atoms with Crippen LogP contribution in [0.5, 0.6) is 0 Å². The molecule has 1 atom stereocenters. The first-order chi connectivity index (χ1) is 10.4. The highest BCUT2D eigenvalue weighted by molar-refractivity contribution is 5.84. The fourth-order valence-electron chi connectivity index (χ4n) is 2.27. The van der Waals surface area contributed by atoms with E-state index >= 15 is 0 Å². The molecule has 0 aliphatic heterocycles. The molecule has 0 fully saturated rings. The van der Waals surface area contributed by atoms with E-state index in [2.05, 4.69) is 10.4 Å². The summed E-state index contributed by atoms with van der Waals surface area (Å²) in [4.78, 5) is 22.7. The van der Waals surface area contributed by atoms with Gasteiger partial charge in [0.05, 0.1) is 17.8 Å². The number of aryl methyl sites for hydroxylation is 1. The second kappa shape index (κ2) is 6.43. The third kappa shape index (κ3) is 3.33. The van der Waals surface area contributed by atoms with Crippen molar-refractivity contribution in [2.24, 2.45) is 0 Å². The highest BCUT2D eigenvalue weighted by Gasteiger charge is 2.18. The van der Waals surface area contributed by atoms with Gasteiger partial charge < -0.3 is 10.4 Å². The van der Waals surface area contributed by atoms with Crippen LogP contribution in [0, 0.1) is 13.8 Å². The van der Waals surface area contributed by atoms with Gasteiger partial charge in [-0.2, -0.15) is 5.10 Å². The van der Waals surface area contributed by atoms with Crippen LogP contribution in [0.2, 0.25) is 0 Å². The van der Waals surface area contributed by atoms with Crippen molar-refractivity contribution in [2.75, 3.05) is 0 Å². The first-order valence-electron chi connectivity index (χ1n) is 7.03. The number of benzene rings is 1. The quantitative estimate of drug-likeness (QED) is 0.879. The number of carboxylic acid groups (broad SMARTS) is 1. The van der Waals surface area contributed by atoms with Crippen LogP contribution in [0.15, 0.2) is 30.3 Å². The summed E-state index contributed by atoms with van der Waals surface area (Å²) in [5.74, 6) is -1.38. The first kappa shape index (κ1) is 15.8. The molecule has 22 heavy (non-hydrogen) atoms. The number of hydrogen-bond donors (Lipinski definition) is 2. The van der Waals surface area contributed by atoms with Gasteiger partial charge in [-0.3, -0.25) is 9.59 Å². The summed E-state index contributed by atoms with van der Waals surface area (Å²) in [5, 5.41) is 15.8. The molecule has 0 radical (unpaired) electrons. The van der Waals surface area contributed by atoms with E-state index in [0.29, 0.717) is 0 Å². The van der Waals surface area contributed by atoms with Crippen molar-refractivity contribution in [2.45, 2.75) is 33.2 Å². The first-order valence-corrected chi connectivity index (χ1v) is 7.03. The van der Waals surface area contributed by atoms with Crippen LogP contribution < -0.4 is 5.32 Å². The molecule has 2 rings (SSSR count). The molecule has 1 heterocycles. The fraction of sp³-hybridized carbons (Fsp3) is 0.312. The highest BCUT2D eigenvalue weighted by atomic mass is 16.4. The average Bonchev–Trinajstić information content (AvgIpc) is 2.76. The second-order valence-corrected chi connectivity index (χ2v) is 5.20. The van der Waals surface area contributed by atoms with Gasteiger partial charge >= 0.3 is 5.97 Å². The van der Waals surface area contributed by atoms with E-state index in [1.165, 1.54) is 6.92 Å². The van der Waals surface area contributed by atoms with E-state index in [1.807, 2.05) is 44.2 Å². The van der Waals surface area contributed by atoms with Crippen molar-refractivity contribution in [3.63, 3.8) is 0 Å². The van der Waals surface area contributed by atoms with Crippen LogP contribution >= 0.6 is 0 Å². The van der Waals surface area contributed by atoms with Gasteiger partial charge in [-0.25, -0.2) is 4.68 Å². The average molecular weight is 301 g/mol. The Morgan fingerprint density at radius 2 is 1.91 bits per heavy atom. The van der Waals surface area contributed by atoms with Crippen molar-refractivity contribution in [3.05, 3.63) is 47.3 Å². The summed E-state index contributed by atoms with van der Waals surface area (Å²) in [5.41, 5.74) is 3.38. The summed E-state index contributed by atoms with van der Waals surface area (Å²) in [6.45, 7) is 5.18. The zero-order chi connectivity index (χ0) is 16.3. The normalized spacial score (nSPS) is 12.0. The Morgan fingerprint density at radius 3 is 2.50 bits per heavy atom. The summed E-state index contributed by atoms with van der Waals surface area (Å²) < 4.78 is 1.79. The lowest BCUT2D eigenvalue weighted by Gasteiger charge is -2.09. The highest BCUT2D eigenvalue weighted by Crippen LogP contribution is 2.18. The lowest BCUT2D eigenvalue weighted by atomic mass is 10.1. The molecule has 0 unspecified atom stereocenters. The lowest BCUT2D eigenvalue weighted by molar-refractivity contribution is -0.141. The Labute approximate surface area is 128 Å². The van der Waals surface area contributed by atoms with Crippen LogP contribution in [0.4, 0.5) is 0 Å². The maximum atomic E-state index is 12.0. The lowest BCUT2D eigenvalue weighted by Crippen LogP contribution is -2.39. The molecule has 6 nitrogen and oxygen atoms in total. The number of carboxylic acids is 1. The number of aromatic nitrogens is 2. The molecule has 0 spiro atoms. The van der Waals surface area contributed by atoms with Crippen LogP contribution in [0.3, 0.4) is 0 Å². The van der Waals surface area contributed by atoms with E-state index < -0.39 is 12.0 Å². The summed E-state index contributed by atoms with van der Waals surface area (Å²) in [7, 11) is 0. The Hall–Kier alpha value is -2.63. The van der Waals surface area contributed by atoms with Gasteiger partial charge in [0.25, 0.3) is 0 Å². The minimum Gasteiger partial charge on any atom is -0.480 e. The molecule has 2 N–H and O–H groups in total. The Bertz CT molecular complexity index is 692. The number of nitrogens with zero attached hydrogens (tertiary/aromatic N) is 2. The number of para-hydroxylation sites is 1. The van der Waals surface area contributed by atoms with Crippen LogP contribution in [-0.4, -0.2) is 32.8 Å². The standard InChI is InChI=1S/C16H19N3O3/c1-10-14(9-15(20)17-11(2)16(21)22)12(3)19(18-10)13-7-5-4-6-8-13/h4-8,11H,9H2,1-3H3,(H,17,20)(H,21,22)/t11-/m0/s1. The van der Waals surface area contributed by atoms with Gasteiger partial charge in [-0.1, -0.05) is 18.2 Å². The van der Waals surface area contributed by atoms with E-state index in [4.69, 9.17) is 5.11 Å². The summed E-state index contributed by atoms with van der Waals surface area (Å²) in [6, 6.07) is 8.75. The fourth-order valence-corrected chi connectivity index (χ4v) is 2.27. The second-order valence-electron chi connectivity index (χ2n) is 5.20. The molecule has 1 aromatic heterocycles. The van der Waals surface area contributed by atoms with E-state index in [0.717, 1.165) is 22.6 Å². The molecule has 1 amide bonds. The molecular formula is C16H19N3O3. The van der Waals surface area contributed by atoms with E-state index in [1.54, 1.807) is 4.68 Å². The zero-order valence-corrected chi connectivity index (χ0v) is 12.8. The molecule has 0 saturated carbocycles. The minimum atomic E-state index is -1.05. The SMILES string of the molecule is Cc1nn(-c2ccccc2)c(C)c1CC(=O)N[C@@H](C)C(=O)O. The number of hydrogen-bond acceptors (Lipinski definition) is 3. The molecule has 0 bridgehead atoms. The Kier molecular flexibility index (Phi) is 4.60. The predicted molar refractivity (Wildman–Crippen MR) is 82.0 cm³/mol. The zero-order valence-electron chi connectivity index (χ0n) is 12.8. The van der Waals surface area contributed by atoms with Crippen LogP contribution in [0.1, 0.15) is 23.9 Å². The molecule has 1 aromatic carbocycles. The molecular weight excluding hydrogens is 282 g/mol. The van der Waals surface area contributed by atoms with Gasteiger partial charge in [0.15, 0.2) is 0 Å². The molecule has 0 saturated heterocycles. The Balaban J connectivity index is 2.21. The number of nitrogens with one attached hydrogen (secondary N) is 1. The minimum absolute atomic E-state index is 0.113. The number of aliphatic carboxylic acids is 1. The molecule has 6 heteroatoms. The molecule has 116 valence electrons. The third-order valence-corrected chi connectivity index (χ3v) is 3.53. The van der Waals surface area contributed by atoms with Gasteiger partial charge in [-0.15, -0.1) is 0 Å². The van der Waals surface area contributed by atoms with Gasteiger partial charge in [0, 0.05) is 11.3 Å². The van der Waals surface area contributed by atoms with E-state index in [9.17, 15) is 9.59 Å². The Morgan fingerprint density at radius 1 is 1.27 bits per heavy atom. The number of amides is 1. The van der Waals surface area contributed by atoms with Crippen LogP contribution in [-0.2, 0) is 16.0 Å². The third-order valence-electron chi connectivity index (χ3n) is 3.53. The van der Waals surface area contributed by atoms with Gasteiger partial charge in [0.2, 0.25) is 5.91 Å². The van der Waals surface area contributed by atoms with Crippen molar-refractivity contribution in [3.8, 4) is 5.69 Å². The van der Waals surface area contributed by atoms with Crippen molar-refractivity contribution in [1.82, 2.24) is 15.1 Å². The smallest absolute Gasteiger partial charge is 0.325 e. The van der Waals surface area contributed by atoms with Crippen molar-refractivity contribution >= 4 is 11.9 Å².